The van der Waals surface area contributed by atoms with Crippen molar-refractivity contribution in [3.05, 3.63) is 41.5 Å². The van der Waals surface area contributed by atoms with Crippen LogP contribution in [0, 0.1) is 0 Å². The van der Waals surface area contributed by atoms with E-state index in [1.54, 1.807) is 18.4 Å². The van der Waals surface area contributed by atoms with Gasteiger partial charge in [0.25, 0.3) is 0 Å². The van der Waals surface area contributed by atoms with Gasteiger partial charge in [0, 0.05) is 37.2 Å². The van der Waals surface area contributed by atoms with Gasteiger partial charge >= 0.3 is 0 Å². The van der Waals surface area contributed by atoms with Gasteiger partial charge in [-0.1, -0.05) is 30.3 Å². The topological polar surface area (TPSA) is 84.4 Å². The predicted molar refractivity (Wildman–Crippen MR) is 117 cm³/mol. The SMILES string of the molecule is COCc1nc(N2CCCC(NS(C)(=O)=O)C2)c2c(-c3ccccc3)csc2n1. The number of hydrogen-bond donors (Lipinski definition) is 1. The maximum absolute atomic E-state index is 11.7. The van der Waals surface area contributed by atoms with Crippen LogP contribution < -0.4 is 9.62 Å². The molecule has 0 amide bonds. The fourth-order valence-corrected chi connectivity index (χ4v) is 5.55. The third-order valence-corrected chi connectivity index (χ3v) is 6.55. The number of nitrogens with zero attached hydrogens (tertiary/aromatic N) is 3. The highest BCUT2D eigenvalue weighted by Crippen LogP contribution is 2.39. The Morgan fingerprint density at radius 1 is 1.28 bits per heavy atom. The minimum atomic E-state index is -3.26. The van der Waals surface area contributed by atoms with Gasteiger partial charge in [-0.25, -0.2) is 23.1 Å². The molecule has 0 radical (unpaired) electrons. The standard InChI is InChI=1S/C20H24N4O3S2/c1-27-12-17-21-19(24-10-6-9-15(11-24)23-29(2,25)26)18-16(13-28-20(18)22-17)14-7-4-3-5-8-14/h3-5,7-8,13,15,23H,6,9-12H2,1-2H3. The van der Waals surface area contributed by atoms with Crippen molar-refractivity contribution < 1.29 is 13.2 Å². The number of rotatable bonds is 6. The second-order valence-corrected chi connectivity index (χ2v) is 9.91. The van der Waals surface area contributed by atoms with Crippen molar-refractivity contribution in [2.24, 2.45) is 0 Å². The van der Waals surface area contributed by atoms with Crippen LogP contribution in [0.2, 0.25) is 0 Å². The molecular formula is C20H24N4O3S2. The quantitative estimate of drug-likeness (QED) is 0.645. The van der Waals surface area contributed by atoms with E-state index in [2.05, 4.69) is 32.1 Å². The van der Waals surface area contributed by atoms with Crippen molar-refractivity contribution in [3.8, 4) is 11.1 Å². The van der Waals surface area contributed by atoms with Crippen LogP contribution >= 0.6 is 11.3 Å². The van der Waals surface area contributed by atoms with Crippen LogP contribution in [0.25, 0.3) is 21.3 Å². The molecule has 29 heavy (non-hydrogen) atoms. The van der Waals surface area contributed by atoms with Crippen LogP contribution in [0.15, 0.2) is 35.7 Å². The molecule has 9 heteroatoms. The van der Waals surface area contributed by atoms with Gasteiger partial charge in [-0.05, 0) is 18.4 Å². The van der Waals surface area contributed by atoms with Crippen molar-refractivity contribution in [2.45, 2.75) is 25.5 Å². The number of sulfonamides is 1. The van der Waals surface area contributed by atoms with Crippen LogP contribution in [-0.2, 0) is 21.4 Å². The van der Waals surface area contributed by atoms with Crippen molar-refractivity contribution in [2.75, 3.05) is 31.4 Å². The Kier molecular flexibility index (Phi) is 5.82. The second-order valence-electron chi connectivity index (χ2n) is 7.27. The summed E-state index contributed by atoms with van der Waals surface area (Å²) in [6, 6.07) is 10.1. The first kappa shape index (κ1) is 20.2. The first-order valence-corrected chi connectivity index (χ1v) is 12.3. The normalized spacial score (nSPS) is 17.7. The molecule has 1 aliphatic heterocycles. The fraction of sp³-hybridized carbons (Fsp3) is 0.400. The Bertz CT molecular complexity index is 1100. The fourth-order valence-electron chi connectivity index (χ4n) is 3.79. The van der Waals surface area contributed by atoms with Crippen molar-refractivity contribution in [1.29, 1.82) is 0 Å². The molecule has 1 aliphatic rings. The molecule has 1 atom stereocenters. The van der Waals surface area contributed by atoms with Crippen LogP contribution in [-0.4, -0.2) is 50.9 Å². The summed E-state index contributed by atoms with van der Waals surface area (Å²) in [6.07, 6.45) is 2.92. The number of ether oxygens (including phenoxy) is 1. The van der Waals surface area contributed by atoms with E-state index in [1.165, 1.54) is 6.26 Å². The van der Waals surface area contributed by atoms with Gasteiger partial charge in [-0.15, -0.1) is 11.3 Å². The maximum atomic E-state index is 11.7. The third-order valence-electron chi connectivity index (χ3n) is 4.92. The zero-order valence-corrected chi connectivity index (χ0v) is 18.1. The summed E-state index contributed by atoms with van der Waals surface area (Å²) in [4.78, 5) is 12.6. The van der Waals surface area contributed by atoms with E-state index < -0.39 is 10.0 Å². The molecule has 3 heterocycles. The van der Waals surface area contributed by atoms with E-state index >= 15 is 0 Å². The summed E-state index contributed by atoms with van der Waals surface area (Å²) in [7, 11) is -1.63. The van der Waals surface area contributed by atoms with Gasteiger partial charge in [0.05, 0.1) is 11.6 Å². The lowest BCUT2D eigenvalue weighted by molar-refractivity contribution is 0.178. The molecule has 7 nitrogen and oxygen atoms in total. The van der Waals surface area contributed by atoms with E-state index in [9.17, 15) is 8.42 Å². The molecule has 0 bridgehead atoms. The molecule has 1 unspecified atom stereocenters. The molecule has 1 saturated heterocycles. The first-order valence-electron chi connectivity index (χ1n) is 9.49. The molecule has 2 aromatic heterocycles. The minimum absolute atomic E-state index is 0.131. The summed E-state index contributed by atoms with van der Waals surface area (Å²) < 4.78 is 31.5. The van der Waals surface area contributed by atoms with Crippen molar-refractivity contribution >= 4 is 37.4 Å². The Morgan fingerprint density at radius 3 is 2.79 bits per heavy atom. The summed E-state index contributed by atoms with van der Waals surface area (Å²) in [5.41, 5.74) is 2.22. The number of methoxy groups -OCH3 is 1. The van der Waals surface area contributed by atoms with Gasteiger partial charge in [-0.3, -0.25) is 0 Å². The van der Waals surface area contributed by atoms with E-state index in [1.807, 2.05) is 18.2 Å². The van der Waals surface area contributed by atoms with E-state index in [0.29, 0.717) is 19.0 Å². The number of fused-ring (bicyclic) bond motifs is 1. The number of piperidine rings is 1. The highest BCUT2D eigenvalue weighted by Gasteiger charge is 2.26. The van der Waals surface area contributed by atoms with Crippen LogP contribution in [0.1, 0.15) is 18.7 Å². The minimum Gasteiger partial charge on any atom is -0.377 e. The van der Waals surface area contributed by atoms with Gasteiger partial charge < -0.3 is 9.64 Å². The van der Waals surface area contributed by atoms with Crippen molar-refractivity contribution in [1.82, 2.24) is 14.7 Å². The Morgan fingerprint density at radius 2 is 2.07 bits per heavy atom. The third kappa shape index (κ3) is 4.58. The van der Waals surface area contributed by atoms with Crippen molar-refractivity contribution in [3.63, 3.8) is 0 Å². The molecular weight excluding hydrogens is 408 g/mol. The van der Waals surface area contributed by atoms with Gasteiger partial charge in [0.1, 0.15) is 17.3 Å². The number of aromatic nitrogens is 2. The average Bonchev–Trinajstić information content (AvgIpc) is 3.11. The molecule has 154 valence electrons. The van der Waals surface area contributed by atoms with Crippen LogP contribution in [0.3, 0.4) is 0 Å². The molecule has 1 fully saturated rings. The molecule has 0 spiro atoms. The summed E-state index contributed by atoms with van der Waals surface area (Å²) in [5, 5.41) is 3.13. The molecule has 1 aromatic carbocycles. The lowest BCUT2D eigenvalue weighted by Crippen LogP contribution is -2.47. The lowest BCUT2D eigenvalue weighted by atomic mass is 10.0. The zero-order valence-electron chi connectivity index (χ0n) is 16.5. The largest absolute Gasteiger partial charge is 0.377 e. The average molecular weight is 433 g/mol. The molecule has 0 aliphatic carbocycles. The van der Waals surface area contributed by atoms with Gasteiger partial charge in [0.15, 0.2) is 5.82 Å². The number of anilines is 1. The molecule has 1 N–H and O–H groups in total. The second kappa shape index (κ2) is 8.35. The van der Waals surface area contributed by atoms with Crippen LogP contribution in [0.5, 0.6) is 0 Å². The monoisotopic (exact) mass is 432 g/mol. The molecule has 0 saturated carbocycles. The number of benzene rings is 1. The highest BCUT2D eigenvalue weighted by molar-refractivity contribution is 7.88. The van der Waals surface area contributed by atoms with Gasteiger partial charge in [-0.2, -0.15) is 0 Å². The maximum Gasteiger partial charge on any atom is 0.209 e. The summed E-state index contributed by atoms with van der Waals surface area (Å²) in [6.45, 7) is 1.74. The zero-order chi connectivity index (χ0) is 20.4. The smallest absolute Gasteiger partial charge is 0.209 e. The Balaban J connectivity index is 1.79. The van der Waals surface area contributed by atoms with Gasteiger partial charge in [0.2, 0.25) is 10.0 Å². The van der Waals surface area contributed by atoms with E-state index in [-0.39, 0.29) is 6.04 Å². The Hall–Kier alpha value is -2.07. The first-order chi connectivity index (χ1) is 13.9. The lowest BCUT2D eigenvalue weighted by Gasteiger charge is -2.34. The van der Waals surface area contributed by atoms with E-state index in [4.69, 9.17) is 9.72 Å². The molecule has 3 aromatic rings. The summed E-state index contributed by atoms with van der Waals surface area (Å²) >= 11 is 1.59. The van der Waals surface area contributed by atoms with E-state index in [0.717, 1.165) is 46.5 Å². The number of hydrogen-bond acceptors (Lipinski definition) is 7. The number of thiophene rings is 1. The summed E-state index contributed by atoms with van der Waals surface area (Å²) in [5.74, 6) is 1.48. The Labute approximate surface area is 174 Å². The predicted octanol–water partition coefficient (Wildman–Crippen LogP) is 3.02. The van der Waals surface area contributed by atoms with Crippen LogP contribution in [0.4, 0.5) is 5.82 Å². The molecule has 4 rings (SSSR count). The highest BCUT2D eigenvalue weighted by atomic mass is 32.2. The number of nitrogens with one attached hydrogen (secondary N) is 1.